The molecule has 1 aromatic carbocycles. The van der Waals surface area contributed by atoms with Gasteiger partial charge in [0.05, 0.1) is 6.04 Å². The zero-order chi connectivity index (χ0) is 17.9. The summed E-state index contributed by atoms with van der Waals surface area (Å²) >= 11 is 0. The quantitative estimate of drug-likeness (QED) is 0.889. The van der Waals surface area contributed by atoms with Crippen LogP contribution >= 0.6 is 0 Å². The summed E-state index contributed by atoms with van der Waals surface area (Å²) in [5.74, 6) is -0.0276. The second kappa shape index (κ2) is 7.40. The Morgan fingerprint density at radius 3 is 2.60 bits per heavy atom. The summed E-state index contributed by atoms with van der Waals surface area (Å²) in [6, 6.07) is 9.90. The first-order valence-corrected chi connectivity index (χ1v) is 9.02. The number of nitrogens with two attached hydrogens (primary N) is 1. The molecule has 2 aliphatic heterocycles. The van der Waals surface area contributed by atoms with E-state index in [2.05, 4.69) is 29.2 Å². The Morgan fingerprint density at radius 2 is 1.96 bits per heavy atom. The van der Waals surface area contributed by atoms with E-state index in [0.717, 1.165) is 38.0 Å². The number of benzene rings is 1. The van der Waals surface area contributed by atoms with Gasteiger partial charge in [0.2, 0.25) is 11.8 Å². The maximum atomic E-state index is 12.4. The third-order valence-electron chi connectivity index (χ3n) is 5.66. The summed E-state index contributed by atoms with van der Waals surface area (Å²) in [6.45, 7) is 5.03. The molecule has 0 saturated carbocycles. The third kappa shape index (κ3) is 4.10. The molecule has 5 heteroatoms. The number of amides is 2. The second-order valence-corrected chi connectivity index (χ2v) is 7.38. The summed E-state index contributed by atoms with van der Waals surface area (Å²) in [5, 5.41) is 0. The lowest BCUT2D eigenvalue weighted by Gasteiger charge is -2.40. The lowest BCUT2D eigenvalue weighted by atomic mass is 9.77. The molecule has 2 fully saturated rings. The fourth-order valence-corrected chi connectivity index (χ4v) is 3.93. The summed E-state index contributed by atoms with van der Waals surface area (Å²) in [6.07, 6.45) is 6.67. The molecule has 0 radical (unpaired) electrons. The van der Waals surface area contributed by atoms with Crippen molar-refractivity contribution in [3.05, 3.63) is 42.0 Å². The van der Waals surface area contributed by atoms with Crippen LogP contribution in [0.5, 0.6) is 0 Å². The highest BCUT2D eigenvalue weighted by Crippen LogP contribution is 2.41. The molecule has 1 atom stereocenters. The molecule has 2 amide bonds. The first kappa shape index (κ1) is 17.7. The Labute approximate surface area is 149 Å². The fraction of sp³-hybridized carbons (Fsp3) is 0.500. The predicted octanol–water partition coefficient (Wildman–Crippen LogP) is 1.89. The maximum Gasteiger partial charge on any atom is 0.234 e. The standard InChI is InChI=1S/C20H27N3O2/c1-16(19(21)25)22-12-9-20(10-13-22)14-18(24)23(15-20)11-5-8-17-6-3-2-4-7-17/h2-8,16H,9-15H2,1H3,(H2,21,25)/b8-5+. The van der Waals surface area contributed by atoms with Crippen molar-refractivity contribution in [3.8, 4) is 0 Å². The number of piperidine rings is 1. The van der Waals surface area contributed by atoms with Crippen LogP contribution in [0.3, 0.4) is 0 Å². The van der Waals surface area contributed by atoms with Crippen molar-refractivity contribution in [3.63, 3.8) is 0 Å². The van der Waals surface area contributed by atoms with E-state index in [1.165, 1.54) is 0 Å². The van der Waals surface area contributed by atoms with Crippen LogP contribution in [0.25, 0.3) is 6.08 Å². The van der Waals surface area contributed by atoms with Crippen LogP contribution in [0.15, 0.2) is 36.4 Å². The van der Waals surface area contributed by atoms with Crippen LogP contribution in [-0.4, -0.2) is 53.8 Å². The Hall–Kier alpha value is -2.14. The SMILES string of the molecule is CC(C(N)=O)N1CCC2(CC1)CC(=O)N(C/C=C/c1ccccc1)C2. The lowest BCUT2D eigenvalue weighted by molar-refractivity contribution is -0.127. The highest BCUT2D eigenvalue weighted by atomic mass is 16.2. The van der Waals surface area contributed by atoms with Crippen LogP contribution in [-0.2, 0) is 9.59 Å². The van der Waals surface area contributed by atoms with E-state index in [9.17, 15) is 9.59 Å². The monoisotopic (exact) mass is 341 g/mol. The molecule has 2 aliphatic rings. The molecule has 2 saturated heterocycles. The van der Waals surface area contributed by atoms with Gasteiger partial charge >= 0.3 is 0 Å². The molecule has 3 rings (SSSR count). The second-order valence-electron chi connectivity index (χ2n) is 7.38. The van der Waals surface area contributed by atoms with Crippen LogP contribution in [0.4, 0.5) is 0 Å². The summed E-state index contributed by atoms with van der Waals surface area (Å²) in [4.78, 5) is 27.9. The number of hydrogen-bond donors (Lipinski definition) is 1. The van der Waals surface area contributed by atoms with Gasteiger partial charge in [0.25, 0.3) is 0 Å². The van der Waals surface area contributed by atoms with Crippen LogP contribution in [0, 0.1) is 5.41 Å². The molecule has 2 N–H and O–H groups in total. The van der Waals surface area contributed by atoms with Gasteiger partial charge in [-0.2, -0.15) is 0 Å². The smallest absolute Gasteiger partial charge is 0.234 e. The van der Waals surface area contributed by atoms with Gasteiger partial charge in [0, 0.05) is 19.5 Å². The number of carbonyl (C=O) groups is 2. The average molecular weight is 341 g/mol. The highest BCUT2D eigenvalue weighted by molar-refractivity contribution is 5.80. The molecule has 1 spiro atoms. The molecule has 134 valence electrons. The van der Waals surface area contributed by atoms with Crippen molar-refractivity contribution in [1.82, 2.24) is 9.80 Å². The van der Waals surface area contributed by atoms with Gasteiger partial charge in [0.15, 0.2) is 0 Å². The molecular formula is C20H27N3O2. The van der Waals surface area contributed by atoms with E-state index in [4.69, 9.17) is 5.73 Å². The van der Waals surface area contributed by atoms with E-state index in [1.54, 1.807) is 0 Å². The highest BCUT2D eigenvalue weighted by Gasteiger charge is 2.45. The molecule has 5 nitrogen and oxygen atoms in total. The molecule has 0 aromatic heterocycles. The number of rotatable bonds is 5. The number of primary amides is 1. The maximum absolute atomic E-state index is 12.4. The van der Waals surface area contributed by atoms with Crippen molar-refractivity contribution in [1.29, 1.82) is 0 Å². The molecular weight excluding hydrogens is 314 g/mol. The Bertz CT molecular complexity index is 648. The van der Waals surface area contributed by atoms with Crippen molar-refractivity contribution in [2.75, 3.05) is 26.2 Å². The zero-order valence-electron chi connectivity index (χ0n) is 14.9. The number of likely N-dealkylation sites (tertiary alicyclic amines) is 2. The summed E-state index contributed by atoms with van der Waals surface area (Å²) in [7, 11) is 0. The van der Waals surface area contributed by atoms with E-state index in [1.807, 2.05) is 30.0 Å². The van der Waals surface area contributed by atoms with Crippen molar-refractivity contribution in [2.24, 2.45) is 11.1 Å². The van der Waals surface area contributed by atoms with Gasteiger partial charge in [-0.3, -0.25) is 14.5 Å². The largest absolute Gasteiger partial charge is 0.368 e. The molecule has 1 unspecified atom stereocenters. The lowest BCUT2D eigenvalue weighted by Crippen LogP contribution is -2.49. The van der Waals surface area contributed by atoms with Crippen molar-refractivity contribution < 1.29 is 9.59 Å². The topological polar surface area (TPSA) is 66.6 Å². The number of hydrogen-bond acceptors (Lipinski definition) is 3. The Morgan fingerprint density at radius 1 is 1.28 bits per heavy atom. The normalized spacial score (nSPS) is 22.0. The Kier molecular flexibility index (Phi) is 5.23. The van der Waals surface area contributed by atoms with E-state index in [-0.39, 0.29) is 23.3 Å². The van der Waals surface area contributed by atoms with Gasteiger partial charge in [-0.15, -0.1) is 0 Å². The van der Waals surface area contributed by atoms with E-state index < -0.39 is 0 Å². The van der Waals surface area contributed by atoms with Crippen LogP contribution in [0.1, 0.15) is 31.7 Å². The van der Waals surface area contributed by atoms with Gasteiger partial charge in [-0.05, 0) is 43.8 Å². The minimum Gasteiger partial charge on any atom is -0.368 e. The predicted molar refractivity (Wildman–Crippen MR) is 98.6 cm³/mol. The first-order chi connectivity index (χ1) is 12.0. The molecule has 0 bridgehead atoms. The van der Waals surface area contributed by atoms with Gasteiger partial charge in [0.1, 0.15) is 0 Å². The average Bonchev–Trinajstić information content (AvgIpc) is 2.91. The van der Waals surface area contributed by atoms with Crippen LogP contribution < -0.4 is 5.73 Å². The molecule has 0 aliphatic carbocycles. The fourth-order valence-electron chi connectivity index (χ4n) is 3.93. The molecule has 25 heavy (non-hydrogen) atoms. The zero-order valence-corrected chi connectivity index (χ0v) is 14.9. The van der Waals surface area contributed by atoms with Crippen molar-refractivity contribution >= 4 is 17.9 Å². The summed E-state index contributed by atoms with van der Waals surface area (Å²) < 4.78 is 0. The Balaban J connectivity index is 1.54. The summed E-state index contributed by atoms with van der Waals surface area (Å²) in [5.41, 5.74) is 6.63. The third-order valence-corrected chi connectivity index (χ3v) is 5.66. The van der Waals surface area contributed by atoms with E-state index >= 15 is 0 Å². The van der Waals surface area contributed by atoms with Gasteiger partial charge in [-0.1, -0.05) is 42.5 Å². The number of nitrogens with zero attached hydrogens (tertiary/aromatic N) is 2. The molecule has 1 aromatic rings. The number of carbonyl (C=O) groups excluding carboxylic acids is 2. The van der Waals surface area contributed by atoms with E-state index in [0.29, 0.717) is 13.0 Å². The van der Waals surface area contributed by atoms with Gasteiger partial charge < -0.3 is 10.6 Å². The van der Waals surface area contributed by atoms with Crippen molar-refractivity contribution in [2.45, 2.75) is 32.2 Å². The molecule has 2 heterocycles. The van der Waals surface area contributed by atoms with Gasteiger partial charge in [-0.25, -0.2) is 0 Å². The van der Waals surface area contributed by atoms with Crippen LogP contribution in [0.2, 0.25) is 0 Å². The first-order valence-electron chi connectivity index (χ1n) is 9.02. The minimum absolute atomic E-state index is 0.0749. The minimum atomic E-state index is -0.272.